The van der Waals surface area contributed by atoms with Gasteiger partial charge in [0.2, 0.25) is 5.95 Å². The van der Waals surface area contributed by atoms with Crippen molar-refractivity contribution in [2.45, 2.75) is 6.42 Å². The maximum atomic E-state index is 5.29. The molecule has 0 amide bonds. The van der Waals surface area contributed by atoms with Crippen LogP contribution in [0.1, 0.15) is 5.56 Å². The zero-order valence-corrected chi connectivity index (χ0v) is 12.6. The normalized spacial score (nSPS) is 10.2. The first-order chi connectivity index (χ1) is 9.72. The summed E-state index contributed by atoms with van der Waals surface area (Å²) in [6.45, 7) is 0.756. The molecule has 4 N–H and O–H groups in total. The van der Waals surface area contributed by atoms with Crippen molar-refractivity contribution in [2.24, 2.45) is 5.84 Å². The Kier molecular flexibility index (Phi) is 5.14. The SMILES string of the molecule is COc1ccc(CCNc2nc(NN)ncc2Br)cc1. The number of hydrazine groups is 1. The van der Waals surface area contributed by atoms with Gasteiger partial charge in [0.15, 0.2) is 0 Å². The Balaban J connectivity index is 1.91. The molecule has 0 aliphatic carbocycles. The second kappa shape index (κ2) is 7.06. The van der Waals surface area contributed by atoms with Crippen molar-refractivity contribution in [3.05, 3.63) is 40.5 Å². The molecule has 20 heavy (non-hydrogen) atoms. The van der Waals surface area contributed by atoms with Crippen LogP contribution in [0.3, 0.4) is 0 Å². The Hall–Kier alpha value is -1.86. The fourth-order valence-electron chi connectivity index (χ4n) is 1.68. The summed E-state index contributed by atoms with van der Waals surface area (Å²) in [7, 11) is 1.66. The van der Waals surface area contributed by atoms with E-state index in [-0.39, 0.29) is 0 Å². The Morgan fingerprint density at radius 2 is 2.05 bits per heavy atom. The van der Waals surface area contributed by atoms with Crippen molar-refractivity contribution in [3.63, 3.8) is 0 Å². The number of anilines is 2. The molecule has 0 unspecified atom stereocenters. The second-order valence-electron chi connectivity index (χ2n) is 4.06. The molecule has 1 aromatic carbocycles. The molecule has 7 heteroatoms. The Labute approximate surface area is 125 Å². The first-order valence-corrected chi connectivity index (χ1v) is 6.88. The second-order valence-corrected chi connectivity index (χ2v) is 4.91. The highest BCUT2D eigenvalue weighted by atomic mass is 79.9. The topological polar surface area (TPSA) is 85.1 Å². The number of nitrogens with zero attached hydrogens (tertiary/aromatic N) is 2. The van der Waals surface area contributed by atoms with Crippen molar-refractivity contribution < 1.29 is 4.74 Å². The van der Waals surface area contributed by atoms with E-state index in [4.69, 9.17) is 10.6 Å². The summed E-state index contributed by atoms with van der Waals surface area (Å²) >= 11 is 3.39. The average molecular weight is 338 g/mol. The minimum absolute atomic E-state index is 0.375. The summed E-state index contributed by atoms with van der Waals surface area (Å²) in [5.74, 6) is 7.23. The number of nitrogen functional groups attached to an aromatic ring is 1. The lowest BCUT2D eigenvalue weighted by Crippen LogP contribution is -2.13. The zero-order chi connectivity index (χ0) is 14.4. The predicted octanol–water partition coefficient (Wildman–Crippen LogP) is 2.19. The summed E-state index contributed by atoms with van der Waals surface area (Å²) in [5, 5.41) is 3.24. The van der Waals surface area contributed by atoms with E-state index in [1.54, 1.807) is 13.3 Å². The molecular formula is C13H16BrN5O. The molecular weight excluding hydrogens is 322 g/mol. The van der Waals surface area contributed by atoms with E-state index in [9.17, 15) is 0 Å². The van der Waals surface area contributed by atoms with E-state index < -0.39 is 0 Å². The lowest BCUT2D eigenvalue weighted by Gasteiger charge is -2.09. The fourth-order valence-corrected chi connectivity index (χ4v) is 2.01. The van der Waals surface area contributed by atoms with Gasteiger partial charge in [0.25, 0.3) is 0 Å². The van der Waals surface area contributed by atoms with Crippen molar-refractivity contribution in [1.29, 1.82) is 0 Å². The number of methoxy groups -OCH3 is 1. The van der Waals surface area contributed by atoms with Crippen molar-refractivity contribution in [2.75, 3.05) is 24.4 Å². The van der Waals surface area contributed by atoms with E-state index in [0.717, 1.165) is 23.2 Å². The van der Waals surface area contributed by atoms with Gasteiger partial charge in [0.05, 0.1) is 11.6 Å². The number of ether oxygens (including phenoxy) is 1. The number of rotatable bonds is 6. The van der Waals surface area contributed by atoms with Crippen LogP contribution in [0.5, 0.6) is 5.75 Å². The van der Waals surface area contributed by atoms with Crippen molar-refractivity contribution in [1.82, 2.24) is 9.97 Å². The molecule has 0 aliphatic rings. The van der Waals surface area contributed by atoms with E-state index in [1.807, 2.05) is 24.3 Å². The van der Waals surface area contributed by atoms with Crippen molar-refractivity contribution >= 4 is 27.7 Å². The van der Waals surface area contributed by atoms with Gasteiger partial charge in [0.1, 0.15) is 11.6 Å². The molecule has 1 aromatic heterocycles. The van der Waals surface area contributed by atoms with Crippen molar-refractivity contribution in [3.8, 4) is 5.75 Å². The molecule has 2 rings (SSSR count). The molecule has 0 radical (unpaired) electrons. The number of hydrogen-bond donors (Lipinski definition) is 3. The summed E-state index contributed by atoms with van der Waals surface area (Å²) in [6, 6.07) is 7.99. The Bertz CT molecular complexity index is 561. The monoisotopic (exact) mass is 337 g/mol. The molecule has 0 spiro atoms. The van der Waals surface area contributed by atoms with Gasteiger partial charge < -0.3 is 10.1 Å². The third-order valence-electron chi connectivity index (χ3n) is 2.74. The van der Waals surface area contributed by atoms with Gasteiger partial charge in [0, 0.05) is 12.7 Å². The molecule has 0 atom stereocenters. The van der Waals surface area contributed by atoms with Crippen LogP contribution in [-0.4, -0.2) is 23.6 Å². The predicted molar refractivity (Wildman–Crippen MR) is 82.7 cm³/mol. The Morgan fingerprint density at radius 1 is 1.30 bits per heavy atom. The average Bonchev–Trinajstić information content (AvgIpc) is 2.50. The number of nitrogens with two attached hydrogens (primary N) is 1. The summed E-state index contributed by atoms with van der Waals surface area (Å²) in [4.78, 5) is 8.22. The minimum atomic E-state index is 0.375. The number of benzene rings is 1. The molecule has 0 aliphatic heterocycles. The van der Waals surface area contributed by atoms with Crippen LogP contribution in [0.4, 0.5) is 11.8 Å². The van der Waals surface area contributed by atoms with Gasteiger partial charge in [-0.1, -0.05) is 12.1 Å². The Morgan fingerprint density at radius 3 is 2.70 bits per heavy atom. The fraction of sp³-hybridized carbons (Fsp3) is 0.231. The van der Waals surface area contributed by atoms with Crippen LogP contribution < -0.4 is 21.3 Å². The molecule has 6 nitrogen and oxygen atoms in total. The molecule has 2 aromatic rings. The summed E-state index contributed by atoms with van der Waals surface area (Å²) in [5.41, 5.74) is 3.64. The number of hydrogen-bond acceptors (Lipinski definition) is 6. The van der Waals surface area contributed by atoms with E-state index in [1.165, 1.54) is 5.56 Å². The van der Waals surface area contributed by atoms with Gasteiger partial charge >= 0.3 is 0 Å². The van der Waals surface area contributed by atoms with E-state index in [2.05, 4.69) is 36.6 Å². The number of nitrogens with one attached hydrogen (secondary N) is 2. The van der Waals surface area contributed by atoms with Crippen LogP contribution in [0.15, 0.2) is 34.9 Å². The highest BCUT2D eigenvalue weighted by Crippen LogP contribution is 2.20. The zero-order valence-electron chi connectivity index (χ0n) is 11.1. The smallest absolute Gasteiger partial charge is 0.239 e. The molecule has 1 heterocycles. The minimum Gasteiger partial charge on any atom is -0.497 e. The number of halogens is 1. The standard InChI is InChI=1S/C13H16BrN5O/c1-20-10-4-2-9(3-5-10)6-7-16-12-11(14)8-17-13(18-12)19-15/h2-5,8H,6-7,15H2,1H3,(H2,16,17,18,19). The van der Waals surface area contributed by atoms with Crippen LogP contribution in [0, 0.1) is 0 Å². The summed E-state index contributed by atoms with van der Waals surface area (Å²) < 4.78 is 5.92. The molecule has 106 valence electrons. The quantitative estimate of drug-likeness (QED) is 0.553. The van der Waals surface area contributed by atoms with Crippen LogP contribution in [0.25, 0.3) is 0 Å². The van der Waals surface area contributed by atoms with Gasteiger partial charge in [-0.15, -0.1) is 0 Å². The van der Waals surface area contributed by atoms with Gasteiger partial charge in [-0.25, -0.2) is 10.8 Å². The van der Waals surface area contributed by atoms with Gasteiger partial charge in [-0.2, -0.15) is 4.98 Å². The lowest BCUT2D eigenvalue weighted by atomic mass is 10.1. The molecule has 0 saturated heterocycles. The van der Waals surface area contributed by atoms with E-state index in [0.29, 0.717) is 11.8 Å². The first kappa shape index (κ1) is 14.5. The number of aromatic nitrogens is 2. The third kappa shape index (κ3) is 3.82. The first-order valence-electron chi connectivity index (χ1n) is 6.09. The summed E-state index contributed by atoms with van der Waals surface area (Å²) in [6.07, 6.45) is 2.53. The highest BCUT2D eigenvalue weighted by Gasteiger charge is 2.03. The van der Waals surface area contributed by atoms with Gasteiger partial charge in [-0.3, -0.25) is 5.43 Å². The van der Waals surface area contributed by atoms with Crippen LogP contribution in [0.2, 0.25) is 0 Å². The maximum absolute atomic E-state index is 5.29. The molecule has 0 saturated carbocycles. The maximum Gasteiger partial charge on any atom is 0.239 e. The highest BCUT2D eigenvalue weighted by molar-refractivity contribution is 9.10. The van der Waals surface area contributed by atoms with Crippen LogP contribution >= 0.6 is 15.9 Å². The van der Waals surface area contributed by atoms with Gasteiger partial charge in [-0.05, 0) is 40.0 Å². The lowest BCUT2D eigenvalue weighted by molar-refractivity contribution is 0.414. The van der Waals surface area contributed by atoms with Crippen LogP contribution in [-0.2, 0) is 6.42 Å². The molecule has 0 fully saturated rings. The third-order valence-corrected chi connectivity index (χ3v) is 3.32. The molecule has 0 bridgehead atoms. The van der Waals surface area contributed by atoms with E-state index >= 15 is 0 Å². The largest absolute Gasteiger partial charge is 0.497 e.